The van der Waals surface area contributed by atoms with E-state index in [-0.39, 0.29) is 5.91 Å². The van der Waals surface area contributed by atoms with Gasteiger partial charge in [-0.3, -0.25) is 4.79 Å². The molecule has 0 heterocycles. The van der Waals surface area contributed by atoms with Gasteiger partial charge in [-0.25, -0.2) is 4.79 Å². The molecule has 0 aromatic heterocycles. The van der Waals surface area contributed by atoms with E-state index in [2.05, 4.69) is 5.32 Å². The van der Waals surface area contributed by atoms with E-state index in [1.165, 1.54) is 24.0 Å². The molecule has 20 heavy (non-hydrogen) atoms. The third kappa shape index (κ3) is 3.38. The summed E-state index contributed by atoms with van der Waals surface area (Å²) in [5, 5.41) is 2.64. The van der Waals surface area contributed by atoms with Gasteiger partial charge in [0, 0.05) is 6.54 Å². The number of rotatable bonds is 4. The summed E-state index contributed by atoms with van der Waals surface area (Å²) in [5.41, 5.74) is 3.09. The molecule has 0 unspecified atom stereocenters. The van der Waals surface area contributed by atoms with Crippen LogP contribution in [0.2, 0.25) is 0 Å². The van der Waals surface area contributed by atoms with E-state index in [0.717, 1.165) is 12.8 Å². The molecule has 1 atom stereocenters. The van der Waals surface area contributed by atoms with Crippen molar-refractivity contribution in [1.29, 1.82) is 0 Å². The fraction of sp³-hybridized carbons (Fsp3) is 0.500. The molecule has 0 radical (unpaired) electrons. The van der Waals surface area contributed by atoms with Crippen LogP contribution in [-0.4, -0.2) is 24.5 Å². The molecule has 1 aliphatic carbocycles. The van der Waals surface area contributed by atoms with Gasteiger partial charge in [0.25, 0.3) is 5.91 Å². The second kappa shape index (κ2) is 6.55. The van der Waals surface area contributed by atoms with Crippen LogP contribution < -0.4 is 5.32 Å². The molecule has 1 aliphatic rings. The summed E-state index contributed by atoms with van der Waals surface area (Å²) in [6, 6.07) is 5.69. The molecule has 2 rings (SSSR count). The van der Waals surface area contributed by atoms with Crippen LogP contribution in [0.1, 0.15) is 48.2 Å². The average Bonchev–Trinajstić information content (AvgIpc) is 2.46. The van der Waals surface area contributed by atoms with Crippen LogP contribution in [0.15, 0.2) is 18.2 Å². The number of carbonyl (C=O) groups is 2. The molecule has 0 spiro atoms. The molecule has 1 aromatic rings. The third-order valence-corrected chi connectivity index (χ3v) is 3.59. The summed E-state index contributed by atoms with van der Waals surface area (Å²) >= 11 is 0. The number of benzene rings is 1. The number of ether oxygens (including phenoxy) is 1. The van der Waals surface area contributed by atoms with Crippen molar-refractivity contribution in [2.75, 3.05) is 6.54 Å². The van der Waals surface area contributed by atoms with Crippen LogP contribution in [0.3, 0.4) is 0 Å². The molecule has 4 nitrogen and oxygen atoms in total. The first-order valence-corrected chi connectivity index (χ1v) is 7.22. The lowest BCUT2D eigenvalue weighted by molar-refractivity contribution is -0.128. The first-order chi connectivity index (χ1) is 9.61. The second-order valence-electron chi connectivity index (χ2n) is 5.13. The lowest BCUT2D eigenvalue weighted by Gasteiger charge is -2.17. The number of likely N-dealkylation sites (N-methyl/N-ethyl adjacent to an activating group) is 1. The zero-order valence-corrected chi connectivity index (χ0v) is 12.1. The van der Waals surface area contributed by atoms with Gasteiger partial charge in [-0.05, 0) is 62.8 Å². The zero-order chi connectivity index (χ0) is 14.5. The Bertz CT molecular complexity index is 510. The number of hydrogen-bond acceptors (Lipinski definition) is 3. The maximum atomic E-state index is 12.0. The summed E-state index contributed by atoms with van der Waals surface area (Å²) < 4.78 is 5.19. The van der Waals surface area contributed by atoms with Crippen molar-refractivity contribution in [3.63, 3.8) is 0 Å². The Morgan fingerprint density at radius 2 is 1.95 bits per heavy atom. The van der Waals surface area contributed by atoms with Gasteiger partial charge in [0.05, 0.1) is 5.56 Å². The summed E-state index contributed by atoms with van der Waals surface area (Å²) in [7, 11) is 0. The molecule has 0 aliphatic heterocycles. The lowest BCUT2D eigenvalue weighted by atomic mass is 9.90. The smallest absolute Gasteiger partial charge is 0.338 e. The van der Waals surface area contributed by atoms with Crippen LogP contribution in [0, 0.1) is 0 Å². The molecular weight excluding hydrogens is 254 g/mol. The number of aryl methyl sites for hydroxylation is 2. The van der Waals surface area contributed by atoms with Crippen LogP contribution in [-0.2, 0) is 22.4 Å². The minimum absolute atomic E-state index is 0.265. The molecule has 1 amide bonds. The van der Waals surface area contributed by atoms with Crippen molar-refractivity contribution in [3.05, 3.63) is 34.9 Å². The van der Waals surface area contributed by atoms with Crippen LogP contribution in [0.25, 0.3) is 0 Å². The lowest BCUT2D eigenvalue weighted by Crippen LogP contribution is -2.35. The quantitative estimate of drug-likeness (QED) is 0.857. The third-order valence-electron chi connectivity index (χ3n) is 3.59. The first-order valence-electron chi connectivity index (χ1n) is 7.22. The number of fused-ring (bicyclic) bond motifs is 1. The van der Waals surface area contributed by atoms with E-state index >= 15 is 0 Å². The highest BCUT2D eigenvalue weighted by molar-refractivity contribution is 5.92. The van der Waals surface area contributed by atoms with Crippen LogP contribution in [0.5, 0.6) is 0 Å². The van der Waals surface area contributed by atoms with Crippen molar-refractivity contribution >= 4 is 11.9 Å². The number of carbonyl (C=O) groups excluding carboxylic acids is 2. The van der Waals surface area contributed by atoms with E-state index in [9.17, 15) is 9.59 Å². The normalized spacial score (nSPS) is 15.1. The van der Waals surface area contributed by atoms with E-state index in [4.69, 9.17) is 4.74 Å². The van der Waals surface area contributed by atoms with Crippen molar-refractivity contribution in [1.82, 2.24) is 5.32 Å². The van der Waals surface area contributed by atoms with Gasteiger partial charge in [-0.1, -0.05) is 6.07 Å². The molecule has 1 aromatic carbocycles. The molecular formula is C16H21NO3. The van der Waals surface area contributed by atoms with Crippen molar-refractivity contribution < 1.29 is 14.3 Å². The Morgan fingerprint density at radius 1 is 1.25 bits per heavy atom. The first kappa shape index (κ1) is 14.6. The molecule has 0 fully saturated rings. The highest BCUT2D eigenvalue weighted by Gasteiger charge is 2.19. The largest absolute Gasteiger partial charge is 0.449 e. The Hall–Kier alpha value is -1.84. The number of esters is 1. The van der Waals surface area contributed by atoms with Crippen molar-refractivity contribution in [3.8, 4) is 0 Å². The standard InChI is InChI=1S/C16H21NO3/c1-3-17-15(18)11(2)20-16(19)14-9-8-12-6-4-5-7-13(12)10-14/h8-11H,3-7H2,1-2H3,(H,17,18)/t11-/m1/s1. The van der Waals surface area contributed by atoms with Crippen LogP contribution in [0.4, 0.5) is 0 Å². The monoisotopic (exact) mass is 275 g/mol. The summed E-state index contributed by atoms with van der Waals surface area (Å²) in [4.78, 5) is 23.6. The number of hydrogen-bond donors (Lipinski definition) is 1. The van der Waals surface area contributed by atoms with E-state index in [0.29, 0.717) is 12.1 Å². The van der Waals surface area contributed by atoms with Gasteiger partial charge in [-0.2, -0.15) is 0 Å². The molecule has 0 saturated carbocycles. The predicted octanol–water partition coefficient (Wildman–Crippen LogP) is 2.25. The van der Waals surface area contributed by atoms with E-state index < -0.39 is 12.1 Å². The zero-order valence-electron chi connectivity index (χ0n) is 12.1. The molecule has 4 heteroatoms. The molecule has 108 valence electrons. The number of nitrogens with one attached hydrogen (secondary N) is 1. The van der Waals surface area contributed by atoms with Gasteiger partial charge >= 0.3 is 5.97 Å². The SMILES string of the molecule is CCNC(=O)[C@@H](C)OC(=O)c1ccc2c(c1)CCCC2. The highest BCUT2D eigenvalue weighted by atomic mass is 16.5. The fourth-order valence-corrected chi connectivity index (χ4v) is 2.46. The Kier molecular flexibility index (Phi) is 4.77. The Balaban J connectivity index is 2.04. The highest BCUT2D eigenvalue weighted by Crippen LogP contribution is 2.22. The Labute approximate surface area is 119 Å². The molecule has 0 saturated heterocycles. The van der Waals surface area contributed by atoms with Gasteiger partial charge in [-0.15, -0.1) is 0 Å². The van der Waals surface area contributed by atoms with Crippen molar-refractivity contribution in [2.24, 2.45) is 0 Å². The fourth-order valence-electron chi connectivity index (χ4n) is 2.46. The average molecular weight is 275 g/mol. The topological polar surface area (TPSA) is 55.4 Å². The molecule has 0 bridgehead atoms. The van der Waals surface area contributed by atoms with Gasteiger partial charge in [0.1, 0.15) is 0 Å². The van der Waals surface area contributed by atoms with Crippen molar-refractivity contribution in [2.45, 2.75) is 45.6 Å². The summed E-state index contributed by atoms with van der Waals surface area (Å²) in [5.74, 6) is -0.698. The van der Waals surface area contributed by atoms with Gasteiger partial charge in [0.2, 0.25) is 0 Å². The van der Waals surface area contributed by atoms with E-state index in [1.54, 1.807) is 13.0 Å². The Morgan fingerprint density at radius 3 is 2.65 bits per heavy atom. The van der Waals surface area contributed by atoms with Gasteiger partial charge in [0.15, 0.2) is 6.10 Å². The van der Waals surface area contributed by atoms with Crippen LogP contribution >= 0.6 is 0 Å². The van der Waals surface area contributed by atoms with E-state index in [1.807, 2.05) is 19.1 Å². The maximum Gasteiger partial charge on any atom is 0.338 e. The molecule has 1 N–H and O–H groups in total. The summed E-state index contributed by atoms with van der Waals surface area (Å²) in [6.45, 7) is 3.94. The number of amides is 1. The van der Waals surface area contributed by atoms with Gasteiger partial charge < -0.3 is 10.1 Å². The minimum Gasteiger partial charge on any atom is -0.449 e. The second-order valence-corrected chi connectivity index (χ2v) is 5.13. The maximum absolute atomic E-state index is 12.0. The summed E-state index contributed by atoms with van der Waals surface area (Å²) in [6.07, 6.45) is 3.71. The predicted molar refractivity (Wildman–Crippen MR) is 76.6 cm³/mol. The minimum atomic E-state index is -0.765.